The number of benzene rings is 1. The van der Waals surface area contributed by atoms with E-state index in [1.165, 1.54) is 5.56 Å². The molecule has 1 fully saturated rings. The lowest BCUT2D eigenvalue weighted by atomic mass is 10.1. The minimum absolute atomic E-state index is 0.295. The summed E-state index contributed by atoms with van der Waals surface area (Å²) >= 11 is 5.91. The monoisotopic (exact) mass is 254 g/mol. The molecule has 1 aromatic rings. The summed E-state index contributed by atoms with van der Waals surface area (Å²) in [6.07, 6.45) is 0.590. The fourth-order valence-corrected chi connectivity index (χ4v) is 2.48. The summed E-state index contributed by atoms with van der Waals surface area (Å²) in [6, 6.07) is 5.84. The Hall–Kier alpha value is -0.770. The molecule has 0 bridgehead atoms. The number of nitrogen functional groups attached to an aromatic ring is 1. The molecule has 0 aromatic heterocycles. The average Bonchev–Trinajstić information content (AvgIpc) is 2.22. The first-order valence-corrected chi connectivity index (χ1v) is 6.34. The zero-order chi connectivity index (χ0) is 12.4. The summed E-state index contributed by atoms with van der Waals surface area (Å²) in [6.45, 7) is 7.05. The Morgan fingerprint density at radius 3 is 2.59 bits per heavy atom. The quantitative estimate of drug-likeness (QED) is 0.825. The Morgan fingerprint density at radius 1 is 1.35 bits per heavy atom. The maximum Gasteiger partial charge on any atom is 0.0678 e. The molecule has 2 atom stereocenters. The molecule has 1 aliphatic rings. The summed E-state index contributed by atoms with van der Waals surface area (Å²) < 4.78 is 5.71. The van der Waals surface area contributed by atoms with Gasteiger partial charge in [-0.15, -0.1) is 0 Å². The maximum atomic E-state index is 5.91. The molecule has 0 spiro atoms. The largest absolute Gasteiger partial charge is 0.398 e. The van der Waals surface area contributed by atoms with Gasteiger partial charge < -0.3 is 10.5 Å². The SMILES string of the molecule is C[C@@H]1CN(Cc2ccc(Cl)c(N)c2)C[C@H](C)O1. The van der Waals surface area contributed by atoms with E-state index in [4.69, 9.17) is 22.1 Å². The Morgan fingerprint density at radius 2 is 2.00 bits per heavy atom. The van der Waals surface area contributed by atoms with Crippen molar-refractivity contribution in [2.45, 2.75) is 32.6 Å². The van der Waals surface area contributed by atoms with Crippen molar-refractivity contribution >= 4 is 17.3 Å². The van der Waals surface area contributed by atoms with Crippen molar-refractivity contribution < 1.29 is 4.74 Å². The highest BCUT2D eigenvalue weighted by atomic mass is 35.5. The first-order chi connectivity index (χ1) is 8.04. The minimum atomic E-state index is 0.295. The van der Waals surface area contributed by atoms with Gasteiger partial charge in [0.1, 0.15) is 0 Å². The summed E-state index contributed by atoms with van der Waals surface area (Å²) in [4.78, 5) is 2.39. The number of ether oxygens (including phenoxy) is 1. The van der Waals surface area contributed by atoms with Crippen LogP contribution in [-0.4, -0.2) is 30.2 Å². The molecule has 94 valence electrons. The van der Waals surface area contributed by atoms with Gasteiger partial charge in [0.15, 0.2) is 0 Å². The van der Waals surface area contributed by atoms with E-state index in [1.807, 2.05) is 18.2 Å². The van der Waals surface area contributed by atoms with Crippen LogP contribution in [0.1, 0.15) is 19.4 Å². The molecule has 2 rings (SSSR count). The topological polar surface area (TPSA) is 38.5 Å². The van der Waals surface area contributed by atoms with Gasteiger partial charge in [-0.3, -0.25) is 4.90 Å². The summed E-state index contributed by atoms with van der Waals surface area (Å²) in [5, 5.41) is 0.623. The number of morpholine rings is 1. The molecule has 0 amide bonds. The van der Waals surface area contributed by atoms with E-state index < -0.39 is 0 Å². The molecule has 1 aliphatic heterocycles. The van der Waals surface area contributed by atoms with E-state index in [0.29, 0.717) is 22.9 Å². The van der Waals surface area contributed by atoms with Crippen molar-refractivity contribution in [1.29, 1.82) is 0 Å². The molecule has 1 aromatic carbocycles. The third-order valence-corrected chi connectivity index (χ3v) is 3.31. The van der Waals surface area contributed by atoms with Crippen LogP contribution >= 0.6 is 11.6 Å². The molecule has 0 aliphatic carbocycles. The minimum Gasteiger partial charge on any atom is -0.398 e. The predicted octanol–water partition coefficient (Wildman–Crippen LogP) is 2.53. The molecular weight excluding hydrogens is 236 g/mol. The van der Waals surface area contributed by atoms with Gasteiger partial charge in [-0.05, 0) is 31.5 Å². The van der Waals surface area contributed by atoms with E-state index in [-0.39, 0.29) is 0 Å². The molecule has 1 saturated heterocycles. The van der Waals surface area contributed by atoms with Gasteiger partial charge in [-0.25, -0.2) is 0 Å². The van der Waals surface area contributed by atoms with Crippen LogP contribution in [0, 0.1) is 0 Å². The summed E-state index contributed by atoms with van der Waals surface area (Å²) in [5.74, 6) is 0. The van der Waals surface area contributed by atoms with E-state index in [2.05, 4.69) is 18.7 Å². The highest BCUT2D eigenvalue weighted by molar-refractivity contribution is 6.33. The van der Waals surface area contributed by atoms with Crippen LogP contribution in [0.4, 0.5) is 5.69 Å². The molecule has 0 radical (unpaired) electrons. The number of rotatable bonds is 2. The van der Waals surface area contributed by atoms with Gasteiger partial charge in [0.05, 0.1) is 22.9 Å². The lowest BCUT2D eigenvalue weighted by Crippen LogP contribution is -2.44. The van der Waals surface area contributed by atoms with Gasteiger partial charge in [-0.1, -0.05) is 17.7 Å². The molecule has 17 heavy (non-hydrogen) atoms. The highest BCUT2D eigenvalue weighted by Crippen LogP contribution is 2.21. The second-order valence-corrected chi connectivity index (χ2v) is 5.21. The van der Waals surface area contributed by atoms with Gasteiger partial charge >= 0.3 is 0 Å². The Balaban J connectivity index is 2.02. The van der Waals surface area contributed by atoms with Crippen LogP contribution in [0.5, 0.6) is 0 Å². The number of halogens is 1. The number of anilines is 1. The molecule has 0 unspecified atom stereocenters. The number of nitrogens with two attached hydrogens (primary N) is 1. The molecule has 2 N–H and O–H groups in total. The third kappa shape index (κ3) is 3.35. The fraction of sp³-hybridized carbons (Fsp3) is 0.538. The van der Waals surface area contributed by atoms with Crippen molar-refractivity contribution in [3.63, 3.8) is 0 Å². The summed E-state index contributed by atoms with van der Waals surface area (Å²) in [7, 11) is 0. The van der Waals surface area contributed by atoms with Crippen LogP contribution < -0.4 is 5.73 Å². The van der Waals surface area contributed by atoms with Crippen molar-refractivity contribution in [3.05, 3.63) is 28.8 Å². The molecule has 1 heterocycles. The van der Waals surface area contributed by atoms with Crippen molar-refractivity contribution in [2.75, 3.05) is 18.8 Å². The zero-order valence-electron chi connectivity index (χ0n) is 10.3. The number of nitrogens with zero attached hydrogens (tertiary/aromatic N) is 1. The summed E-state index contributed by atoms with van der Waals surface area (Å²) in [5.41, 5.74) is 7.66. The molecule has 3 nitrogen and oxygen atoms in total. The number of hydrogen-bond acceptors (Lipinski definition) is 3. The van der Waals surface area contributed by atoms with E-state index >= 15 is 0 Å². The first kappa shape index (κ1) is 12.7. The van der Waals surface area contributed by atoms with Crippen LogP contribution in [0.3, 0.4) is 0 Å². The fourth-order valence-electron chi connectivity index (χ4n) is 2.36. The van der Waals surface area contributed by atoms with Crippen molar-refractivity contribution in [3.8, 4) is 0 Å². The zero-order valence-corrected chi connectivity index (χ0v) is 11.1. The van der Waals surface area contributed by atoms with E-state index in [1.54, 1.807) is 0 Å². The first-order valence-electron chi connectivity index (χ1n) is 5.96. The van der Waals surface area contributed by atoms with Gasteiger partial charge in [0.2, 0.25) is 0 Å². The Kier molecular flexibility index (Phi) is 3.92. The number of hydrogen-bond donors (Lipinski definition) is 1. The molecular formula is C13H19ClN2O. The Bertz CT molecular complexity index is 387. The van der Waals surface area contributed by atoms with E-state index in [9.17, 15) is 0 Å². The second kappa shape index (κ2) is 5.25. The molecule has 0 saturated carbocycles. The van der Waals surface area contributed by atoms with Gasteiger partial charge in [0.25, 0.3) is 0 Å². The van der Waals surface area contributed by atoms with Crippen molar-refractivity contribution in [1.82, 2.24) is 4.90 Å². The lowest BCUT2D eigenvalue weighted by Gasteiger charge is -2.35. The Labute approximate surface area is 107 Å². The van der Waals surface area contributed by atoms with E-state index in [0.717, 1.165) is 19.6 Å². The third-order valence-electron chi connectivity index (χ3n) is 2.96. The van der Waals surface area contributed by atoms with Crippen LogP contribution in [-0.2, 0) is 11.3 Å². The van der Waals surface area contributed by atoms with Gasteiger partial charge in [0, 0.05) is 19.6 Å². The van der Waals surface area contributed by atoms with Gasteiger partial charge in [-0.2, -0.15) is 0 Å². The normalized spacial score (nSPS) is 26.1. The van der Waals surface area contributed by atoms with Crippen molar-refractivity contribution in [2.24, 2.45) is 0 Å². The van der Waals surface area contributed by atoms with Crippen LogP contribution in [0.15, 0.2) is 18.2 Å². The standard InChI is InChI=1S/C13H19ClN2O/c1-9-6-16(7-10(2)17-9)8-11-3-4-12(14)13(15)5-11/h3-5,9-10H,6-8,15H2,1-2H3/t9-,10+. The van der Waals surface area contributed by atoms with Crippen LogP contribution in [0.25, 0.3) is 0 Å². The maximum absolute atomic E-state index is 5.91. The molecule has 4 heteroatoms. The predicted molar refractivity (Wildman–Crippen MR) is 71.2 cm³/mol. The second-order valence-electron chi connectivity index (χ2n) is 4.81. The average molecular weight is 255 g/mol. The highest BCUT2D eigenvalue weighted by Gasteiger charge is 2.21. The van der Waals surface area contributed by atoms with Crippen LogP contribution in [0.2, 0.25) is 5.02 Å². The smallest absolute Gasteiger partial charge is 0.0678 e. The lowest BCUT2D eigenvalue weighted by molar-refractivity contribution is -0.0704.